The molecule has 41 heavy (non-hydrogen) atoms. The highest BCUT2D eigenvalue weighted by atomic mass is 19.4. The molecule has 3 rings (SSSR count). The van der Waals surface area contributed by atoms with E-state index in [1.165, 1.54) is 26.2 Å². The lowest BCUT2D eigenvalue weighted by atomic mass is 9.70. The fourth-order valence-corrected chi connectivity index (χ4v) is 4.41. The minimum atomic E-state index is -5.23. The van der Waals surface area contributed by atoms with Gasteiger partial charge in [-0.3, -0.25) is 0 Å². The van der Waals surface area contributed by atoms with Gasteiger partial charge in [0.2, 0.25) is 17.4 Å². The summed E-state index contributed by atoms with van der Waals surface area (Å²) in [4.78, 5) is 0. The number of alkyl halides is 6. The third-order valence-electron chi connectivity index (χ3n) is 6.78. The van der Waals surface area contributed by atoms with Crippen LogP contribution in [0, 0.1) is 23.3 Å². The summed E-state index contributed by atoms with van der Waals surface area (Å²) in [5, 5.41) is 0. The third kappa shape index (κ3) is 6.73. The zero-order valence-electron chi connectivity index (χ0n) is 21.4. The van der Waals surface area contributed by atoms with Crippen LogP contribution in [-0.4, -0.2) is 19.5 Å². The van der Waals surface area contributed by atoms with E-state index in [9.17, 15) is 43.9 Å². The molecule has 0 saturated heterocycles. The van der Waals surface area contributed by atoms with Gasteiger partial charge in [0.05, 0.1) is 7.11 Å². The van der Waals surface area contributed by atoms with E-state index in [1.807, 2.05) is 0 Å². The molecule has 0 aliphatic rings. The highest BCUT2D eigenvalue weighted by Crippen LogP contribution is 2.51. The number of hydrogen-bond acceptors (Lipinski definition) is 2. The summed E-state index contributed by atoms with van der Waals surface area (Å²) in [6, 6.07) is 7.48. The van der Waals surface area contributed by atoms with Crippen molar-refractivity contribution in [3.8, 4) is 17.2 Å². The molecule has 12 heteroatoms. The molecular formula is C29H28F10O2. The quantitative estimate of drug-likeness (QED) is 0.180. The second-order valence-corrected chi connectivity index (χ2v) is 9.18. The predicted molar refractivity (Wildman–Crippen MR) is 133 cm³/mol. The van der Waals surface area contributed by atoms with Gasteiger partial charge in [-0.25, -0.2) is 8.78 Å². The molecule has 3 aromatic carbocycles. The van der Waals surface area contributed by atoms with E-state index < -0.39 is 88.0 Å². The van der Waals surface area contributed by atoms with Gasteiger partial charge in [-0.05, 0) is 54.2 Å². The molecule has 0 heterocycles. The lowest BCUT2D eigenvalue weighted by molar-refractivity contribution is -0.193. The van der Waals surface area contributed by atoms with Gasteiger partial charge >= 0.3 is 12.4 Å². The first-order valence-corrected chi connectivity index (χ1v) is 12.0. The van der Waals surface area contributed by atoms with E-state index in [2.05, 4.69) is 0 Å². The Bertz CT molecular complexity index is 1290. The molecule has 0 aliphatic carbocycles. The van der Waals surface area contributed by atoms with Crippen molar-refractivity contribution in [1.29, 1.82) is 0 Å². The van der Waals surface area contributed by atoms with Crippen molar-refractivity contribution in [2.24, 2.45) is 0 Å². The normalized spacial score (nSPS) is 14.2. The maximum absolute atomic E-state index is 14.7. The van der Waals surface area contributed by atoms with E-state index in [4.69, 9.17) is 9.47 Å². The maximum atomic E-state index is 14.7. The Labute approximate surface area is 230 Å². The molecule has 2 unspecified atom stereocenters. The number of rotatable bonds is 9. The molecule has 2 nitrogen and oxygen atoms in total. The summed E-state index contributed by atoms with van der Waals surface area (Å²) >= 11 is 0. The minimum absolute atomic E-state index is 0. The topological polar surface area (TPSA) is 18.5 Å². The van der Waals surface area contributed by atoms with Crippen molar-refractivity contribution in [3.05, 3.63) is 88.5 Å². The number of hydrogen-bond donors (Lipinski definition) is 0. The van der Waals surface area contributed by atoms with Crippen LogP contribution >= 0.6 is 0 Å². The van der Waals surface area contributed by atoms with E-state index in [1.54, 1.807) is 6.92 Å². The van der Waals surface area contributed by atoms with Gasteiger partial charge in [0.1, 0.15) is 16.9 Å². The second-order valence-electron chi connectivity index (χ2n) is 9.18. The van der Waals surface area contributed by atoms with Crippen LogP contribution in [0.4, 0.5) is 43.9 Å². The molecule has 0 aliphatic heterocycles. The van der Waals surface area contributed by atoms with Crippen LogP contribution in [0.3, 0.4) is 0 Å². The summed E-state index contributed by atoms with van der Waals surface area (Å²) in [6.45, 7) is 2.90. The maximum Gasteiger partial charge on any atom is 0.402 e. The molecule has 0 radical (unpaired) electrons. The van der Waals surface area contributed by atoms with Gasteiger partial charge < -0.3 is 9.47 Å². The van der Waals surface area contributed by atoms with Crippen molar-refractivity contribution < 1.29 is 53.4 Å². The third-order valence-corrected chi connectivity index (χ3v) is 6.78. The fraction of sp³-hybridized carbons (Fsp3) is 0.379. The SMILES string of the molecule is C.CCC(C)c1c(F)c(F)c(Oc2ccc(C(CCC(F)(F)F)(c3ccc(OC)cc3)C(F)(F)F)cc2)c(F)c1F. The van der Waals surface area contributed by atoms with Crippen LogP contribution in [-0.2, 0) is 5.41 Å². The van der Waals surface area contributed by atoms with Gasteiger partial charge in [0.25, 0.3) is 0 Å². The lowest BCUT2D eigenvalue weighted by Crippen LogP contribution is -2.44. The zero-order chi connectivity index (χ0) is 30.0. The van der Waals surface area contributed by atoms with Crippen molar-refractivity contribution >= 4 is 0 Å². The monoisotopic (exact) mass is 598 g/mol. The summed E-state index contributed by atoms with van der Waals surface area (Å²) in [6.07, 6.45) is -13.2. The Balaban J connectivity index is 0.00000588. The Morgan fingerprint density at radius 2 is 1.12 bits per heavy atom. The van der Waals surface area contributed by atoms with E-state index in [0.29, 0.717) is 0 Å². The van der Waals surface area contributed by atoms with Crippen LogP contribution in [0.5, 0.6) is 17.2 Å². The molecule has 0 N–H and O–H groups in total. The van der Waals surface area contributed by atoms with Crippen LogP contribution < -0.4 is 9.47 Å². The van der Waals surface area contributed by atoms with Crippen LogP contribution in [0.15, 0.2) is 48.5 Å². The van der Waals surface area contributed by atoms with Crippen LogP contribution in [0.1, 0.15) is 63.1 Å². The number of halogens is 10. The van der Waals surface area contributed by atoms with Crippen molar-refractivity contribution in [1.82, 2.24) is 0 Å². The first kappa shape index (κ1) is 33.8. The molecular weight excluding hydrogens is 570 g/mol. The Morgan fingerprint density at radius 1 is 0.683 bits per heavy atom. The second kappa shape index (κ2) is 12.6. The van der Waals surface area contributed by atoms with Crippen LogP contribution in [0.2, 0.25) is 0 Å². The molecule has 0 aromatic heterocycles. The standard InChI is InChI=1S/C28H24F10O2.CH4/c1-4-15(2)20-21(29)23(31)25(24(32)22(20)30)40-19-11-7-17(8-12-19)26(28(36,37)38,13-14-27(33,34)35)16-5-9-18(39-3)10-6-16;/h5-12,15H,4,13-14H2,1-3H3;1H4. The smallest absolute Gasteiger partial charge is 0.402 e. The predicted octanol–water partition coefficient (Wildman–Crippen LogP) is 10.4. The van der Waals surface area contributed by atoms with Crippen molar-refractivity contribution in [3.63, 3.8) is 0 Å². The zero-order valence-corrected chi connectivity index (χ0v) is 21.4. The minimum Gasteiger partial charge on any atom is -0.497 e. The molecule has 0 spiro atoms. The molecule has 2 atom stereocenters. The largest absolute Gasteiger partial charge is 0.497 e. The molecule has 0 saturated carbocycles. The Kier molecular flexibility index (Phi) is 10.4. The summed E-state index contributed by atoms with van der Waals surface area (Å²) in [5.41, 5.74) is -5.12. The first-order chi connectivity index (χ1) is 18.6. The molecule has 0 fully saturated rings. The molecule has 3 aromatic rings. The van der Waals surface area contributed by atoms with Gasteiger partial charge in [-0.2, -0.15) is 35.1 Å². The van der Waals surface area contributed by atoms with Crippen molar-refractivity contribution in [2.75, 3.05) is 7.11 Å². The number of ether oxygens (including phenoxy) is 2. The highest BCUT2D eigenvalue weighted by molar-refractivity contribution is 5.46. The number of methoxy groups -OCH3 is 1. The molecule has 0 amide bonds. The highest BCUT2D eigenvalue weighted by Gasteiger charge is 2.57. The van der Waals surface area contributed by atoms with Gasteiger partial charge in [-0.1, -0.05) is 45.5 Å². The summed E-state index contributed by atoms with van der Waals surface area (Å²) in [5.74, 6) is -9.71. The summed E-state index contributed by atoms with van der Waals surface area (Å²) in [7, 11) is 1.26. The van der Waals surface area contributed by atoms with Crippen LogP contribution in [0.25, 0.3) is 0 Å². The Morgan fingerprint density at radius 3 is 1.49 bits per heavy atom. The molecule has 226 valence electrons. The van der Waals surface area contributed by atoms with E-state index in [0.717, 1.165) is 36.4 Å². The van der Waals surface area contributed by atoms with Crippen molar-refractivity contribution in [2.45, 2.75) is 64.2 Å². The Hall–Kier alpha value is -3.44. The fourth-order valence-electron chi connectivity index (χ4n) is 4.41. The first-order valence-electron chi connectivity index (χ1n) is 12.0. The van der Waals surface area contributed by atoms with E-state index >= 15 is 0 Å². The van der Waals surface area contributed by atoms with E-state index in [-0.39, 0.29) is 19.6 Å². The lowest BCUT2D eigenvalue weighted by Gasteiger charge is -2.37. The average Bonchev–Trinajstić information content (AvgIpc) is 2.90. The number of benzene rings is 3. The summed E-state index contributed by atoms with van der Waals surface area (Å²) < 4.78 is 152. The average molecular weight is 599 g/mol. The van der Waals surface area contributed by atoms with Gasteiger partial charge in [0.15, 0.2) is 11.6 Å². The van der Waals surface area contributed by atoms with Gasteiger partial charge in [-0.15, -0.1) is 0 Å². The molecule has 0 bridgehead atoms. The van der Waals surface area contributed by atoms with Gasteiger partial charge in [0, 0.05) is 12.0 Å².